The van der Waals surface area contributed by atoms with Gasteiger partial charge in [-0.3, -0.25) is 0 Å². The quantitative estimate of drug-likeness (QED) is 0.683. The van der Waals surface area contributed by atoms with E-state index in [1.54, 1.807) is 0 Å². The van der Waals surface area contributed by atoms with Gasteiger partial charge in [0, 0.05) is 6.04 Å². The number of hydrogen-bond donors (Lipinski definition) is 3. The summed E-state index contributed by atoms with van der Waals surface area (Å²) in [5, 5.41) is 21.5. The fourth-order valence-corrected chi connectivity index (χ4v) is 2.72. The van der Waals surface area contributed by atoms with Crippen LogP contribution in [0.25, 0.3) is 0 Å². The molecule has 1 rings (SSSR count). The number of phenols is 1. The summed E-state index contributed by atoms with van der Waals surface area (Å²) in [5.41, 5.74) is 8.37. The number of halogens is 1. The lowest BCUT2D eigenvalue weighted by Gasteiger charge is -2.31. The van der Waals surface area contributed by atoms with Crippen LogP contribution in [0.4, 0.5) is 0 Å². The molecule has 0 saturated heterocycles. The number of nitrogens with two attached hydrogens (primary N) is 1. The minimum atomic E-state index is -0.637. The Morgan fingerprint density at radius 2 is 1.24 bits per heavy atom. The van der Waals surface area contributed by atoms with Crippen molar-refractivity contribution < 1.29 is 10.2 Å². The largest absolute Gasteiger partial charge is 0.507 e. The van der Waals surface area contributed by atoms with E-state index in [1.165, 1.54) is 0 Å². The van der Waals surface area contributed by atoms with E-state index in [0.29, 0.717) is 12.2 Å². The second-order valence-electron chi connectivity index (χ2n) is 10.2. The van der Waals surface area contributed by atoms with Crippen LogP contribution >= 0.6 is 12.4 Å². The molecule has 0 aliphatic carbocycles. The number of aliphatic hydroxyl groups excluding tert-OH is 1. The molecular formula is C21H38ClNO2. The smallest absolute Gasteiger partial charge is 0.123 e. The molecule has 0 aliphatic heterocycles. The van der Waals surface area contributed by atoms with Crippen LogP contribution in [0.5, 0.6) is 5.75 Å². The van der Waals surface area contributed by atoms with E-state index in [4.69, 9.17) is 5.73 Å². The third kappa shape index (κ3) is 6.16. The fourth-order valence-electron chi connectivity index (χ4n) is 2.72. The van der Waals surface area contributed by atoms with E-state index in [0.717, 1.165) is 16.7 Å². The lowest BCUT2D eigenvalue weighted by molar-refractivity contribution is 0.133. The monoisotopic (exact) mass is 371 g/mol. The van der Waals surface area contributed by atoms with Crippen LogP contribution in [0, 0.1) is 5.41 Å². The molecule has 0 unspecified atom stereocenters. The van der Waals surface area contributed by atoms with Crippen molar-refractivity contribution in [1.29, 1.82) is 0 Å². The predicted molar refractivity (Wildman–Crippen MR) is 110 cm³/mol. The second-order valence-corrected chi connectivity index (χ2v) is 10.2. The zero-order chi connectivity index (χ0) is 19.1. The molecule has 146 valence electrons. The zero-order valence-electron chi connectivity index (χ0n) is 17.4. The van der Waals surface area contributed by atoms with Gasteiger partial charge in [-0.25, -0.2) is 0 Å². The molecular weight excluding hydrogens is 334 g/mol. The van der Waals surface area contributed by atoms with Crippen molar-refractivity contribution in [3.8, 4) is 5.75 Å². The highest BCUT2D eigenvalue weighted by atomic mass is 35.5. The van der Waals surface area contributed by atoms with E-state index in [9.17, 15) is 10.2 Å². The second kappa shape index (κ2) is 7.85. The summed E-state index contributed by atoms with van der Waals surface area (Å²) < 4.78 is 0. The summed E-state index contributed by atoms with van der Waals surface area (Å²) in [6.07, 6.45) is -0.136. The SMILES string of the molecule is CC(C)(C)c1cc([C@@H](O)C[C@@H](N)C(C)(C)C)cc(C(C)(C)C)c1O.Cl. The summed E-state index contributed by atoms with van der Waals surface area (Å²) in [7, 11) is 0. The van der Waals surface area contributed by atoms with E-state index in [1.807, 2.05) is 12.1 Å². The van der Waals surface area contributed by atoms with Gasteiger partial charge in [0.15, 0.2) is 0 Å². The maximum atomic E-state index is 10.8. The fraction of sp³-hybridized carbons (Fsp3) is 0.714. The molecule has 1 aromatic rings. The molecule has 4 N–H and O–H groups in total. The molecule has 0 amide bonds. The topological polar surface area (TPSA) is 66.5 Å². The average molecular weight is 372 g/mol. The third-order valence-electron chi connectivity index (χ3n) is 4.72. The van der Waals surface area contributed by atoms with Crippen molar-refractivity contribution in [1.82, 2.24) is 0 Å². The molecule has 3 nitrogen and oxygen atoms in total. The van der Waals surface area contributed by atoms with Gasteiger partial charge >= 0.3 is 0 Å². The summed E-state index contributed by atoms with van der Waals surface area (Å²) in [6.45, 7) is 18.7. The Bertz CT molecular complexity index is 542. The number of phenolic OH excluding ortho intramolecular Hbond substituents is 1. The Morgan fingerprint density at radius 1 is 0.880 bits per heavy atom. The average Bonchev–Trinajstić information content (AvgIpc) is 2.34. The van der Waals surface area contributed by atoms with Crippen molar-refractivity contribution in [3.63, 3.8) is 0 Å². The van der Waals surface area contributed by atoms with Crippen molar-refractivity contribution >= 4 is 12.4 Å². The Labute approximate surface area is 160 Å². The predicted octanol–water partition coefficient (Wildman–Crippen LogP) is 5.21. The van der Waals surface area contributed by atoms with Crippen molar-refractivity contribution in [2.24, 2.45) is 11.1 Å². The Kier molecular flexibility index (Phi) is 7.61. The van der Waals surface area contributed by atoms with Crippen LogP contribution in [0.15, 0.2) is 12.1 Å². The Hall–Kier alpha value is -0.770. The maximum Gasteiger partial charge on any atom is 0.123 e. The van der Waals surface area contributed by atoms with Gasteiger partial charge in [0.25, 0.3) is 0 Å². The standard InChI is InChI=1S/C21H37NO2.ClH/c1-19(2,3)14-10-13(11-15(18(14)24)20(4,5)6)16(23)12-17(22)21(7,8)9;/h10-11,16-17,23-24H,12,22H2,1-9H3;1H/t16-,17+;/m0./s1. The van der Waals surface area contributed by atoms with E-state index in [2.05, 4.69) is 62.3 Å². The van der Waals surface area contributed by atoms with Gasteiger partial charge in [-0.1, -0.05) is 62.3 Å². The highest BCUT2D eigenvalue weighted by Crippen LogP contribution is 2.41. The van der Waals surface area contributed by atoms with Crippen LogP contribution < -0.4 is 5.73 Å². The number of rotatable bonds is 3. The first kappa shape index (κ1) is 24.2. The van der Waals surface area contributed by atoms with Gasteiger partial charge in [0.2, 0.25) is 0 Å². The first-order valence-electron chi connectivity index (χ1n) is 8.86. The number of hydrogen-bond acceptors (Lipinski definition) is 3. The molecule has 0 aromatic heterocycles. The minimum absolute atomic E-state index is 0. The summed E-state index contributed by atoms with van der Waals surface area (Å²) >= 11 is 0. The molecule has 1 aromatic carbocycles. The first-order chi connectivity index (χ1) is 10.5. The molecule has 0 spiro atoms. The molecule has 25 heavy (non-hydrogen) atoms. The summed E-state index contributed by atoms with van der Waals surface area (Å²) in [6, 6.07) is 3.77. The molecule has 0 saturated carbocycles. The number of aromatic hydroxyl groups is 1. The van der Waals surface area contributed by atoms with Gasteiger partial charge in [-0.15, -0.1) is 12.4 Å². The lowest BCUT2D eigenvalue weighted by Crippen LogP contribution is -2.36. The van der Waals surface area contributed by atoms with Gasteiger partial charge in [0.1, 0.15) is 5.75 Å². The molecule has 0 aliphatic rings. The van der Waals surface area contributed by atoms with Crippen LogP contribution in [0.3, 0.4) is 0 Å². The molecule has 0 radical (unpaired) electrons. The van der Waals surface area contributed by atoms with Crippen molar-refractivity contribution in [2.75, 3.05) is 0 Å². The van der Waals surface area contributed by atoms with Gasteiger partial charge in [-0.05, 0) is 51.5 Å². The normalized spacial score (nSPS) is 15.5. The van der Waals surface area contributed by atoms with Gasteiger partial charge in [-0.2, -0.15) is 0 Å². The maximum absolute atomic E-state index is 10.8. The lowest BCUT2D eigenvalue weighted by atomic mass is 9.77. The van der Waals surface area contributed by atoms with Crippen LogP contribution in [-0.2, 0) is 10.8 Å². The molecule has 0 bridgehead atoms. The Morgan fingerprint density at radius 3 is 1.52 bits per heavy atom. The highest BCUT2D eigenvalue weighted by molar-refractivity contribution is 5.85. The zero-order valence-corrected chi connectivity index (χ0v) is 18.2. The van der Waals surface area contributed by atoms with Crippen LogP contribution in [-0.4, -0.2) is 16.3 Å². The van der Waals surface area contributed by atoms with Crippen LogP contribution in [0.1, 0.15) is 91.5 Å². The molecule has 4 heteroatoms. The van der Waals surface area contributed by atoms with Crippen LogP contribution in [0.2, 0.25) is 0 Å². The van der Waals surface area contributed by atoms with Gasteiger partial charge in [0.05, 0.1) is 6.10 Å². The minimum Gasteiger partial charge on any atom is -0.507 e. The third-order valence-corrected chi connectivity index (χ3v) is 4.72. The van der Waals surface area contributed by atoms with E-state index in [-0.39, 0.29) is 34.7 Å². The van der Waals surface area contributed by atoms with Crippen molar-refractivity contribution in [2.45, 2.75) is 91.7 Å². The molecule has 0 heterocycles. The number of aliphatic hydroxyl groups is 1. The van der Waals surface area contributed by atoms with Crippen molar-refractivity contribution in [3.05, 3.63) is 28.8 Å². The summed E-state index contributed by atoms with van der Waals surface area (Å²) in [4.78, 5) is 0. The van der Waals surface area contributed by atoms with E-state index >= 15 is 0 Å². The highest BCUT2D eigenvalue weighted by Gasteiger charge is 2.29. The molecule has 2 atom stereocenters. The van der Waals surface area contributed by atoms with E-state index < -0.39 is 6.10 Å². The summed E-state index contributed by atoms with van der Waals surface area (Å²) in [5.74, 6) is 0.339. The number of benzene rings is 1. The first-order valence-corrected chi connectivity index (χ1v) is 8.86. The molecule has 0 fully saturated rings. The van der Waals surface area contributed by atoms with Gasteiger partial charge < -0.3 is 15.9 Å². The Balaban J connectivity index is 0.00000576.